The first kappa shape index (κ1) is 14.1. The minimum Gasteiger partial charge on any atom is -0.465 e. The van der Waals surface area contributed by atoms with Crippen LogP contribution in [-0.4, -0.2) is 0 Å². The summed E-state index contributed by atoms with van der Waals surface area (Å²) in [4.78, 5) is 1.34. The van der Waals surface area contributed by atoms with E-state index in [2.05, 4.69) is 48.0 Å². The van der Waals surface area contributed by atoms with Crippen LogP contribution in [0.25, 0.3) is 11.1 Å². The fraction of sp³-hybridized carbons (Fsp3) is 0.222. The summed E-state index contributed by atoms with van der Waals surface area (Å²) in [5.41, 5.74) is 2.56. The van der Waals surface area contributed by atoms with Crippen molar-refractivity contribution in [2.75, 3.05) is 0 Å². The maximum absolute atomic E-state index is 5.65. The van der Waals surface area contributed by atoms with Gasteiger partial charge in [-0.3, -0.25) is 0 Å². The highest BCUT2D eigenvalue weighted by Gasteiger charge is 2.09. The molecule has 108 valence electrons. The van der Waals surface area contributed by atoms with Crippen LogP contribution >= 0.6 is 11.3 Å². The lowest BCUT2D eigenvalue weighted by Gasteiger charge is -2.10. The van der Waals surface area contributed by atoms with Crippen LogP contribution < -0.4 is 5.32 Å². The van der Waals surface area contributed by atoms with E-state index >= 15 is 0 Å². The van der Waals surface area contributed by atoms with E-state index in [0.29, 0.717) is 0 Å². The van der Waals surface area contributed by atoms with Gasteiger partial charge in [0.2, 0.25) is 0 Å². The van der Waals surface area contributed by atoms with Crippen molar-refractivity contribution in [2.45, 2.75) is 26.4 Å². The Kier molecular flexibility index (Phi) is 4.23. The van der Waals surface area contributed by atoms with Crippen LogP contribution in [0.4, 0.5) is 0 Å². The summed E-state index contributed by atoms with van der Waals surface area (Å²) in [6, 6.07) is 17.0. The quantitative estimate of drug-likeness (QED) is 0.703. The number of nitrogens with one attached hydrogen (secondary N) is 1. The first-order valence-corrected chi connectivity index (χ1v) is 8.03. The topological polar surface area (TPSA) is 25.2 Å². The van der Waals surface area contributed by atoms with E-state index in [0.717, 1.165) is 18.1 Å². The standard InChI is InChI=1S/C18H19NOS/c1-13-8-9-18(20-13)14(2)19-11-17-10-16(12-21-17)15-6-4-3-5-7-15/h3-10,12,14,19H,11H2,1-2H3. The molecule has 2 aromatic heterocycles. The third kappa shape index (κ3) is 3.43. The van der Waals surface area contributed by atoms with Gasteiger partial charge in [0, 0.05) is 11.4 Å². The number of hydrogen-bond acceptors (Lipinski definition) is 3. The van der Waals surface area contributed by atoms with Crippen LogP contribution in [0.2, 0.25) is 0 Å². The molecule has 1 atom stereocenters. The highest BCUT2D eigenvalue weighted by molar-refractivity contribution is 7.10. The van der Waals surface area contributed by atoms with Crippen LogP contribution in [-0.2, 0) is 6.54 Å². The summed E-state index contributed by atoms with van der Waals surface area (Å²) in [7, 11) is 0. The van der Waals surface area contributed by atoms with E-state index in [-0.39, 0.29) is 6.04 Å². The van der Waals surface area contributed by atoms with Gasteiger partial charge < -0.3 is 9.73 Å². The van der Waals surface area contributed by atoms with E-state index in [1.54, 1.807) is 11.3 Å². The van der Waals surface area contributed by atoms with Gasteiger partial charge in [0.15, 0.2) is 0 Å². The summed E-state index contributed by atoms with van der Waals surface area (Å²) in [5.74, 6) is 1.95. The maximum Gasteiger partial charge on any atom is 0.120 e. The number of aryl methyl sites for hydroxylation is 1. The minimum atomic E-state index is 0.223. The lowest BCUT2D eigenvalue weighted by atomic mass is 10.1. The average molecular weight is 297 g/mol. The third-order valence-electron chi connectivity index (χ3n) is 3.53. The molecule has 2 nitrogen and oxygen atoms in total. The largest absolute Gasteiger partial charge is 0.465 e. The maximum atomic E-state index is 5.65. The molecule has 0 radical (unpaired) electrons. The molecule has 0 spiro atoms. The van der Waals surface area contributed by atoms with Crippen LogP contribution in [0.3, 0.4) is 0 Å². The molecule has 3 rings (SSSR count). The molecule has 21 heavy (non-hydrogen) atoms. The normalized spacial score (nSPS) is 12.5. The first-order chi connectivity index (χ1) is 10.2. The summed E-state index contributed by atoms with van der Waals surface area (Å²) >= 11 is 1.79. The van der Waals surface area contributed by atoms with E-state index in [1.165, 1.54) is 16.0 Å². The summed E-state index contributed by atoms with van der Waals surface area (Å²) in [6.45, 7) is 4.96. The van der Waals surface area contributed by atoms with Crippen molar-refractivity contribution in [2.24, 2.45) is 0 Å². The fourth-order valence-corrected chi connectivity index (χ4v) is 3.14. The number of benzene rings is 1. The van der Waals surface area contributed by atoms with E-state index in [1.807, 2.05) is 25.1 Å². The monoisotopic (exact) mass is 297 g/mol. The van der Waals surface area contributed by atoms with Crippen LogP contribution in [0.1, 0.15) is 29.4 Å². The lowest BCUT2D eigenvalue weighted by Crippen LogP contribution is -2.16. The molecular formula is C18H19NOS. The molecule has 3 heteroatoms. The van der Waals surface area contributed by atoms with Gasteiger partial charge in [-0.25, -0.2) is 0 Å². The molecule has 1 unspecified atom stereocenters. The zero-order valence-corrected chi connectivity index (χ0v) is 13.1. The van der Waals surface area contributed by atoms with E-state index in [9.17, 15) is 0 Å². The number of thiophene rings is 1. The van der Waals surface area contributed by atoms with Crippen LogP contribution in [0, 0.1) is 6.92 Å². The zero-order chi connectivity index (χ0) is 14.7. The van der Waals surface area contributed by atoms with Crippen LogP contribution in [0.15, 0.2) is 58.3 Å². The Morgan fingerprint density at radius 3 is 2.62 bits per heavy atom. The van der Waals surface area contributed by atoms with Crippen molar-refractivity contribution in [3.05, 3.63) is 70.3 Å². The average Bonchev–Trinajstić information content (AvgIpc) is 3.15. The minimum absolute atomic E-state index is 0.223. The van der Waals surface area contributed by atoms with Gasteiger partial charge >= 0.3 is 0 Å². The highest BCUT2D eigenvalue weighted by Crippen LogP contribution is 2.26. The SMILES string of the molecule is Cc1ccc(C(C)NCc2cc(-c3ccccc3)cs2)o1. The van der Waals surface area contributed by atoms with Gasteiger partial charge in [-0.1, -0.05) is 30.3 Å². The fourth-order valence-electron chi connectivity index (χ4n) is 2.30. The number of rotatable bonds is 5. The Labute approximate surface area is 129 Å². The Balaban J connectivity index is 1.63. The van der Waals surface area contributed by atoms with Gasteiger partial charge in [0.25, 0.3) is 0 Å². The van der Waals surface area contributed by atoms with Gasteiger partial charge in [-0.2, -0.15) is 0 Å². The third-order valence-corrected chi connectivity index (χ3v) is 4.47. The van der Waals surface area contributed by atoms with Crippen LogP contribution in [0.5, 0.6) is 0 Å². The lowest BCUT2D eigenvalue weighted by molar-refractivity contribution is 0.416. The predicted octanol–water partition coefficient (Wildman–Crippen LogP) is 5.17. The van der Waals surface area contributed by atoms with Gasteiger partial charge in [0.1, 0.15) is 11.5 Å². The summed E-state index contributed by atoms with van der Waals surface area (Å²) in [5, 5.41) is 5.73. The Hall–Kier alpha value is -1.84. The molecule has 3 aromatic rings. The predicted molar refractivity (Wildman–Crippen MR) is 88.5 cm³/mol. The number of furan rings is 1. The molecule has 0 saturated heterocycles. The Morgan fingerprint density at radius 1 is 1.10 bits per heavy atom. The molecule has 0 saturated carbocycles. The van der Waals surface area contributed by atoms with E-state index in [4.69, 9.17) is 4.42 Å². The molecule has 0 aliphatic rings. The molecule has 0 amide bonds. The Bertz CT molecular complexity index is 699. The second kappa shape index (κ2) is 6.29. The van der Waals surface area contributed by atoms with Gasteiger partial charge in [-0.05, 0) is 48.6 Å². The molecular weight excluding hydrogens is 278 g/mol. The zero-order valence-electron chi connectivity index (χ0n) is 12.3. The molecule has 1 aromatic carbocycles. The first-order valence-electron chi connectivity index (χ1n) is 7.15. The number of hydrogen-bond donors (Lipinski definition) is 1. The van der Waals surface area contributed by atoms with Crippen molar-refractivity contribution in [1.82, 2.24) is 5.32 Å². The second-order valence-electron chi connectivity index (χ2n) is 5.22. The molecule has 1 N–H and O–H groups in total. The second-order valence-corrected chi connectivity index (χ2v) is 6.21. The molecule has 0 fully saturated rings. The van der Waals surface area contributed by atoms with E-state index < -0.39 is 0 Å². The molecule has 0 aliphatic carbocycles. The highest BCUT2D eigenvalue weighted by atomic mass is 32.1. The van der Waals surface area contributed by atoms with Crippen molar-refractivity contribution < 1.29 is 4.42 Å². The molecule has 2 heterocycles. The summed E-state index contributed by atoms with van der Waals surface area (Å²) in [6.07, 6.45) is 0. The Morgan fingerprint density at radius 2 is 1.90 bits per heavy atom. The van der Waals surface area contributed by atoms with Gasteiger partial charge in [0.05, 0.1) is 6.04 Å². The summed E-state index contributed by atoms with van der Waals surface area (Å²) < 4.78 is 5.65. The van der Waals surface area contributed by atoms with Gasteiger partial charge in [-0.15, -0.1) is 11.3 Å². The van der Waals surface area contributed by atoms with Crippen molar-refractivity contribution in [1.29, 1.82) is 0 Å². The van der Waals surface area contributed by atoms with Crippen molar-refractivity contribution in [3.63, 3.8) is 0 Å². The smallest absolute Gasteiger partial charge is 0.120 e. The van der Waals surface area contributed by atoms with Crippen molar-refractivity contribution >= 4 is 11.3 Å². The van der Waals surface area contributed by atoms with Crippen molar-refractivity contribution in [3.8, 4) is 11.1 Å². The molecule has 0 aliphatic heterocycles. The molecule has 0 bridgehead atoms.